The van der Waals surface area contributed by atoms with Crippen molar-refractivity contribution in [3.05, 3.63) is 44.9 Å². The van der Waals surface area contributed by atoms with Crippen LogP contribution in [0, 0.1) is 0 Å². The van der Waals surface area contributed by atoms with Crippen LogP contribution in [0.4, 0.5) is 0 Å². The summed E-state index contributed by atoms with van der Waals surface area (Å²) < 4.78 is 23.2. The molecule has 0 spiro atoms. The van der Waals surface area contributed by atoms with Crippen molar-refractivity contribution < 1.29 is 53.9 Å². The minimum atomic E-state index is -1.90. The first kappa shape index (κ1) is 31.3. The molecule has 4 heterocycles. The second-order valence-electron chi connectivity index (χ2n) is 9.86. The highest BCUT2D eigenvalue weighted by molar-refractivity contribution is 5.95. The normalized spacial score (nSPS) is 32.5. The van der Waals surface area contributed by atoms with Gasteiger partial charge in [-0.2, -0.15) is 0 Å². The summed E-state index contributed by atoms with van der Waals surface area (Å²) in [6.45, 7) is 1.74. The average molecular weight is 600 g/mol. The number of amides is 3. The molecule has 3 aliphatic heterocycles. The molecule has 3 aliphatic rings. The molecule has 0 saturated carbocycles. The van der Waals surface area contributed by atoms with E-state index in [9.17, 15) is 44.5 Å². The number of primary amides is 1. The first-order chi connectivity index (χ1) is 19.9. The number of hydrogen-bond acceptors (Lipinski definition) is 13. The number of nitrogens with two attached hydrogens (primary N) is 1. The molecule has 0 aliphatic carbocycles. The van der Waals surface area contributed by atoms with E-state index >= 15 is 0 Å². The van der Waals surface area contributed by atoms with Gasteiger partial charge in [0.25, 0.3) is 17.4 Å². The Kier molecular flexibility index (Phi) is 9.77. The second-order valence-corrected chi connectivity index (χ2v) is 9.86. The predicted molar refractivity (Wildman–Crippen MR) is 135 cm³/mol. The third-order valence-corrected chi connectivity index (χ3v) is 6.98. The lowest BCUT2D eigenvalue weighted by Crippen LogP contribution is -2.54. The van der Waals surface area contributed by atoms with E-state index in [4.69, 9.17) is 24.7 Å². The van der Waals surface area contributed by atoms with Gasteiger partial charge in [-0.15, -0.1) is 0 Å². The number of nitrogens with zero attached hydrogens (tertiary/aromatic N) is 2. The Morgan fingerprint density at radius 3 is 2.62 bits per heavy atom. The zero-order valence-corrected chi connectivity index (χ0v) is 22.4. The van der Waals surface area contributed by atoms with Gasteiger partial charge in [0.2, 0.25) is 12.2 Å². The highest BCUT2D eigenvalue weighted by atomic mass is 16.7. The van der Waals surface area contributed by atoms with Crippen molar-refractivity contribution in [1.29, 1.82) is 0 Å². The van der Waals surface area contributed by atoms with Crippen LogP contribution < -0.4 is 22.3 Å². The molecule has 18 nitrogen and oxygen atoms in total. The molecule has 232 valence electrons. The van der Waals surface area contributed by atoms with Gasteiger partial charge in [-0.3, -0.25) is 33.9 Å². The first-order valence-corrected chi connectivity index (χ1v) is 13.2. The van der Waals surface area contributed by atoms with Crippen molar-refractivity contribution in [2.75, 3.05) is 13.2 Å². The maximum absolute atomic E-state index is 12.9. The topological polar surface area (TPSA) is 265 Å². The first-order valence-electron chi connectivity index (χ1n) is 13.2. The Labute approximate surface area is 237 Å². The van der Waals surface area contributed by atoms with Gasteiger partial charge in [0.15, 0.2) is 18.1 Å². The molecule has 0 aromatic carbocycles. The lowest BCUT2D eigenvalue weighted by atomic mass is 10.0. The van der Waals surface area contributed by atoms with E-state index in [0.29, 0.717) is 17.9 Å². The van der Waals surface area contributed by atoms with Gasteiger partial charge in [-0.25, -0.2) is 9.86 Å². The SMILES string of the molecule is CCOC1C(O)[C@@H](C(O[C@H]2OC(C(=O)NC3CCCCN(O)C3=O)=CC(O)C2O)C(N)=O)O[C@H]1n1ccc(=O)[nH]c1=O. The van der Waals surface area contributed by atoms with Crippen LogP contribution in [0.2, 0.25) is 0 Å². The summed E-state index contributed by atoms with van der Waals surface area (Å²) in [6, 6.07) is -0.0648. The summed E-state index contributed by atoms with van der Waals surface area (Å²) in [6.07, 6.45) is -10.0. The molecule has 0 radical (unpaired) electrons. The second kappa shape index (κ2) is 13.1. The summed E-state index contributed by atoms with van der Waals surface area (Å²) in [5.74, 6) is -3.50. The largest absolute Gasteiger partial charge is 0.456 e. The highest BCUT2D eigenvalue weighted by Gasteiger charge is 2.52. The molecule has 3 amide bonds. The molecule has 6 unspecified atom stereocenters. The monoisotopic (exact) mass is 599 g/mol. The Balaban J connectivity index is 1.53. The number of aromatic amines is 1. The molecule has 2 saturated heterocycles. The van der Waals surface area contributed by atoms with Gasteiger partial charge in [0, 0.05) is 25.4 Å². The van der Waals surface area contributed by atoms with E-state index in [0.717, 1.165) is 22.9 Å². The van der Waals surface area contributed by atoms with Crippen molar-refractivity contribution >= 4 is 17.7 Å². The van der Waals surface area contributed by atoms with Crippen molar-refractivity contribution in [3.8, 4) is 0 Å². The van der Waals surface area contributed by atoms with Crippen LogP contribution in [-0.4, -0.2) is 115 Å². The van der Waals surface area contributed by atoms with Crippen LogP contribution in [0.5, 0.6) is 0 Å². The van der Waals surface area contributed by atoms with Gasteiger partial charge in [-0.1, -0.05) is 0 Å². The molecule has 9 atom stereocenters. The van der Waals surface area contributed by atoms with Crippen molar-refractivity contribution in [2.45, 2.75) is 81.4 Å². The van der Waals surface area contributed by atoms with Crippen LogP contribution in [-0.2, 0) is 33.3 Å². The molecule has 0 bridgehead atoms. The number of hydroxylamine groups is 2. The average Bonchev–Trinajstić information content (AvgIpc) is 3.16. The van der Waals surface area contributed by atoms with Gasteiger partial charge in [0.05, 0.1) is 0 Å². The zero-order chi connectivity index (χ0) is 30.7. The minimum absolute atomic E-state index is 0.0476. The van der Waals surface area contributed by atoms with Crippen molar-refractivity contribution in [2.24, 2.45) is 5.73 Å². The lowest BCUT2D eigenvalue weighted by Gasteiger charge is -2.35. The number of carbonyl (C=O) groups excluding carboxylic acids is 3. The maximum atomic E-state index is 12.9. The van der Waals surface area contributed by atoms with Crippen LogP contribution in [0.25, 0.3) is 0 Å². The number of carbonyl (C=O) groups is 3. The Bertz CT molecular complexity index is 1310. The number of aliphatic hydroxyl groups is 3. The quantitative estimate of drug-likeness (QED) is 0.133. The van der Waals surface area contributed by atoms with Gasteiger partial charge in [-0.05, 0) is 32.3 Å². The number of hydrogen-bond donors (Lipinski definition) is 7. The Morgan fingerprint density at radius 2 is 1.95 bits per heavy atom. The van der Waals surface area contributed by atoms with E-state index in [1.807, 2.05) is 4.98 Å². The maximum Gasteiger partial charge on any atom is 0.330 e. The fraction of sp³-hybridized carbons (Fsp3) is 0.625. The number of nitrogens with one attached hydrogen (secondary N) is 2. The van der Waals surface area contributed by atoms with Crippen LogP contribution in [0.15, 0.2) is 33.7 Å². The van der Waals surface area contributed by atoms with Crippen LogP contribution in [0.3, 0.4) is 0 Å². The minimum Gasteiger partial charge on any atom is -0.456 e. The molecule has 18 heteroatoms. The number of H-pyrrole nitrogens is 1. The molecule has 1 aromatic heterocycles. The smallest absolute Gasteiger partial charge is 0.330 e. The molecule has 4 rings (SSSR count). The molecule has 8 N–H and O–H groups in total. The summed E-state index contributed by atoms with van der Waals surface area (Å²) in [5, 5.41) is 44.6. The van der Waals surface area contributed by atoms with E-state index in [2.05, 4.69) is 5.32 Å². The third-order valence-electron chi connectivity index (χ3n) is 6.98. The number of aromatic nitrogens is 2. The summed E-state index contributed by atoms with van der Waals surface area (Å²) in [4.78, 5) is 63.6. The molecule has 2 fully saturated rings. The molecule has 1 aromatic rings. The Morgan fingerprint density at radius 1 is 1.21 bits per heavy atom. The number of aliphatic hydroxyl groups excluding tert-OH is 3. The fourth-order valence-corrected chi connectivity index (χ4v) is 4.87. The molecular weight excluding hydrogens is 566 g/mol. The van der Waals surface area contributed by atoms with E-state index in [1.54, 1.807) is 6.92 Å². The van der Waals surface area contributed by atoms with Gasteiger partial charge >= 0.3 is 5.69 Å². The lowest BCUT2D eigenvalue weighted by molar-refractivity contribution is -0.240. The number of rotatable bonds is 9. The van der Waals surface area contributed by atoms with E-state index in [-0.39, 0.29) is 19.6 Å². The van der Waals surface area contributed by atoms with Crippen LogP contribution >= 0.6 is 0 Å². The van der Waals surface area contributed by atoms with E-state index in [1.165, 1.54) is 0 Å². The summed E-state index contributed by atoms with van der Waals surface area (Å²) in [5.41, 5.74) is 3.93. The third kappa shape index (κ3) is 6.54. The summed E-state index contributed by atoms with van der Waals surface area (Å²) >= 11 is 0. The predicted octanol–water partition coefficient (Wildman–Crippen LogP) is -4.08. The zero-order valence-electron chi connectivity index (χ0n) is 22.4. The van der Waals surface area contributed by atoms with Gasteiger partial charge in [0.1, 0.15) is 36.6 Å². The highest BCUT2D eigenvalue weighted by Crippen LogP contribution is 2.34. The molecule has 42 heavy (non-hydrogen) atoms. The van der Waals surface area contributed by atoms with Crippen molar-refractivity contribution in [1.82, 2.24) is 19.9 Å². The summed E-state index contributed by atoms with van der Waals surface area (Å²) in [7, 11) is 0. The molecular formula is C24H33N5O13. The van der Waals surface area contributed by atoms with E-state index < -0.39 is 89.9 Å². The standard InChI is InChI=1S/C24H33N5O13/c1-2-39-17-15(33)16(41-22(17)28-8-6-13(31)27-24(28)37)18(19(25)34)42-23-14(32)11(30)9-12(40-23)20(35)26-10-5-3-4-7-29(38)21(10)36/h6,8-11,14-18,22-23,30,32-33,38H,2-5,7H2,1H3,(H2,25,34)(H,26,35)(H,27,31,37)/t10?,11?,14?,15?,16-,17?,18?,22+,23+/m0/s1. The van der Waals surface area contributed by atoms with Crippen molar-refractivity contribution in [3.63, 3.8) is 0 Å². The van der Waals surface area contributed by atoms with Crippen LogP contribution in [0.1, 0.15) is 32.4 Å². The Hall–Kier alpha value is -3.65. The fourth-order valence-electron chi connectivity index (χ4n) is 4.87. The number of ether oxygens (including phenoxy) is 4. The van der Waals surface area contributed by atoms with Gasteiger partial charge < -0.3 is 45.3 Å².